The number of ether oxygens (including phenoxy) is 1. The van der Waals surface area contributed by atoms with Gasteiger partial charge in [-0.05, 0) is 35.9 Å². The van der Waals surface area contributed by atoms with Crippen LogP contribution < -0.4 is 5.32 Å². The summed E-state index contributed by atoms with van der Waals surface area (Å²) in [4.78, 5) is 28.2. The van der Waals surface area contributed by atoms with Crippen LogP contribution in [-0.2, 0) is 18.3 Å². The lowest BCUT2D eigenvalue weighted by Crippen LogP contribution is -2.23. The first-order valence-electron chi connectivity index (χ1n) is 7.98. The molecule has 3 aromatic rings. The van der Waals surface area contributed by atoms with E-state index in [-0.39, 0.29) is 5.91 Å². The molecule has 1 aromatic carbocycles. The van der Waals surface area contributed by atoms with Crippen molar-refractivity contribution >= 4 is 11.9 Å². The summed E-state index contributed by atoms with van der Waals surface area (Å²) in [7, 11) is 3.16. The zero-order valence-corrected chi connectivity index (χ0v) is 14.5. The Balaban J connectivity index is 1.71. The van der Waals surface area contributed by atoms with Gasteiger partial charge in [0, 0.05) is 37.1 Å². The molecule has 0 aliphatic heterocycles. The number of pyridine rings is 1. The molecule has 1 amide bonds. The van der Waals surface area contributed by atoms with Crippen LogP contribution in [-0.4, -0.2) is 33.8 Å². The van der Waals surface area contributed by atoms with E-state index in [1.807, 2.05) is 25.4 Å². The molecule has 0 fully saturated rings. The van der Waals surface area contributed by atoms with E-state index in [1.54, 1.807) is 41.3 Å². The van der Waals surface area contributed by atoms with Crippen molar-refractivity contribution in [2.24, 2.45) is 7.05 Å². The lowest BCUT2D eigenvalue weighted by atomic mass is 10.1. The van der Waals surface area contributed by atoms with Crippen LogP contribution >= 0.6 is 0 Å². The van der Waals surface area contributed by atoms with E-state index in [9.17, 15) is 9.59 Å². The molecule has 0 saturated carbocycles. The van der Waals surface area contributed by atoms with E-state index in [0.29, 0.717) is 17.7 Å². The zero-order valence-electron chi connectivity index (χ0n) is 14.5. The van der Waals surface area contributed by atoms with Crippen molar-refractivity contribution in [2.45, 2.75) is 6.54 Å². The number of nitrogens with zero attached hydrogens (tertiary/aromatic N) is 3. The molecule has 3 rings (SSSR count). The van der Waals surface area contributed by atoms with Crippen molar-refractivity contribution in [3.63, 3.8) is 0 Å². The minimum absolute atomic E-state index is 0.234. The fraction of sp³-hybridized carbons (Fsp3) is 0.158. The van der Waals surface area contributed by atoms with Crippen LogP contribution in [0.1, 0.15) is 26.3 Å². The molecular formula is C19H18N4O3. The second-order valence-corrected chi connectivity index (χ2v) is 5.67. The Morgan fingerprint density at radius 2 is 1.88 bits per heavy atom. The van der Waals surface area contributed by atoms with E-state index in [2.05, 4.69) is 20.1 Å². The lowest BCUT2D eigenvalue weighted by Gasteiger charge is -2.09. The lowest BCUT2D eigenvalue weighted by molar-refractivity contribution is 0.0600. The highest BCUT2D eigenvalue weighted by Gasteiger charge is 2.12. The Bertz CT molecular complexity index is 932. The number of rotatable bonds is 5. The van der Waals surface area contributed by atoms with Gasteiger partial charge in [0.2, 0.25) is 0 Å². The number of carbonyl (C=O) groups is 2. The highest BCUT2D eigenvalue weighted by atomic mass is 16.5. The summed E-state index contributed by atoms with van der Waals surface area (Å²) in [5.74, 6) is -0.671. The first-order valence-corrected chi connectivity index (χ1v) is 7.98. The van der Waals surface area contributed by atoms with Crippen LogP contribution in [0.3, 0.4) is 0 Å². The van der Waals surface area contributed by atoms with Crippen molar-refractivity contribution in [3.05, 3.63) is 71.7 Å². The maximum absolute atomic E-state index is 12.4. The highest BCUT2D eigenvalue weighted by molar-refractivity contribution is 5.96. The number of aromatic nitrogens is 3. The van der Waals surface area contributed by atoms with E-state index in [1.165, 1.54) is 7.11 Å². The summed E-state index contributed by atoms with van der Waals surface area (Å²) in [6, 6.07) is 10.0. The largest absolute Gasteiger partial charge is 0.465 e. The van der Waals surface area contributed by atoms with E-state index in [0.717, 1.165) is 16.8 Å². The predicted octanol–water partition coefficient (Wildman–Crippen LogP) is 2.20. The number of carbonyl (C=O) groups excluding carboxylic acids is 2. The molecule has 0 aliphatic rings. The van der Waals surface area contributed by atoms with Gasteiger partial charge >= 0.3 is 5.97 Å². The van der Waals surface area contributed by atoms with Crippen molar-refractivity contribution in [1.82, 2.24) is 20.1 Å². The molecule has 0 radical (unpaired) electrons. The summed E-state index contributed by atoms with van der Waals surface area (Å²) in [6.07, 6.45) is 5.32. The van der Waals surface area contributed by atoms with Gasteiger partial charge in [0.15, 0.2) is 0 Å². The minimum Gasteiger partial charge on any atom is -0.465 e. The maximum atomic E-state index is 12.4. The predicted molar refractivity (Wildman–Crippen MR) is 95.4 cm³/mol. The van der Waals surface area contributed by atoms with E-state index in [4.69, 9.17) is 0 Å². The summed E-state index contributed by atoms with van der Waals surface area (Å²) in [6.45, 7) is 0.329. The Morgan fingerprint density at radius 3 is 2.54 bits per heavy atom. The normalized spacial score (nSPS) is 10.4. The number of hydrogen-bond acceptors (Lipinski definition) is 5. The van der Waals surface area contributed by atoms with E-state index < -0.39 is 5.97 Å². The minimum atomic E-state index is -0.437. The van der Waals surface area contributed by atoms with Gasteiger partial charge in [0.25, 0.3) is 5.91 Å². The average molecular weight is 350 g/mol. The topological polar surface area (TPSA) is 86.1 Å². The second kappa shape index (κ2) is 7.60. The van der Waals surface area contributed by atoms with Gasteiger partial charge in [-0.15, -0.1) is 0 Å². The molecule has 2 heterocycles. The van der Waals surface area contributed by atoms with Gasteiger partial charge in [-0.2, -0.15) is 5.10 Å². The molecule has 0 atom stereocenters. The van der Waals surface area contributed by atoms with Crippen LogP contribution in [0.5, 0.6) is 0 Å². The summed E-state index contributed by atoms with van der Waals surface area (Å²) in [5, 5.41) is 7.03. The smallest absolute Gasteiger partial charge is 0.337 e. The van der Waals surface area contributed by atoms with Crippen LogP contribution in [0, 0.1) is 0 Å². The number of esters is 1. The number of benzene rings is 1. The molecule has 26 heavy (non-hydrogen) atoms. The Morgan fingerprint density at radius 1 is 1.15 bits per heavy atom. The average Bonchev–Trinajstić information content (AvgIpc) is 3.12. The van der Waals surface area contributed by atoms with Crippen molar-refractivity contribution in [3.8, 4) is 11.3 Å². The fourth-order valence-corrected chi connectivity index (χ4v) is 2.54. The molecule has 132 valence electrons. The quantitative estimate of drug-likeness (QED) is 0.713. The molecule has 0 bridgehead atoms. The zero-order chi connectivity index (χ0) is 18.5. The first-order chi connectivity index (χ1) is 12.6. The van der Waals surface area contributed by atoms with Crippen molar-refractivity contribution in [1.29, 1.82) is 0 Å². The number of methoxy groups -OCH3 is 1. The molecule has 7 heteroatoms. The van der Waals surface area contributed by atoms with E-state index >= 15 is 0 Å². The van der Waals surface area contributed by atoms with Crippen LogP contribution in [0.4, 0.5) is 0 Å². The third kappa shape index (κ3) is 3.77. The highest BCUT2D eigenvalue weighted by Crippen LogP contribution is 2.20. The van der Waals surface area contributed by atoms with Gasteiger partial charge in [-0.3, -0.25) is 14.5 Å². The molecule has 0 unspecified atom stereocenters. The number of amides is 1. The molecule has 0 spiro atoms. The van der Waals surface area contributed by atoms with Crippen molar-refractivity contribution < 1.29 is 14.3 Å². The SMILES string of the molecule is COC(=O)c1ccc(C(=O)NCc2cccnc2-c2cnn(C)c2)cc1. The molecule has 2 aromatic heterocycles. The second-order valence-electron chi connectivity index (χ2n) is 5.67. The van der Waals surface area contributed by atoms with Gasteiger partial charge in [-0.25, -0.2) is 4.79 Å². The Labute approximate surface area is 150 Å². The summed E-state index contributed by atoms with van der Waals surface area (Å²) in [5.41, 5.74) is 3.42. The Hall–Kier alpha value is -3.48. The number of nitrogens with one attached hydrogen (secondary N) is 1. The number of aryl methyl sites for hydroxylation is 1. The van der Waals surface area contributed by atoms with Gasteiger partial charge < -0.3 is 10.1 Å². The summed E-state index contributed by atoms with van der Waals surface area (Å²) < 4.78 is 6.35. The third-order valence-corrected chi connectivity index (χ3v) is 3.88. The molecule has 0 saturated heterocycles. The van der Waals surface area contributed by atoms with Crippen LogP contribution in [0.2, 0.25) is 0 Å². The van der Waals surface area contributed by atoms with Gasteiger partial charge in [0.05, 0.1) is 24.6 Å². The molecular weight excluding hydrogens is 332 g/mol. The summed E-state index contributed by atoms with van der Waals surface area (Å²) >= 11 is 0. The maximum Gasteiger partial charge on any atom is 0.337 e. The Kier molecular flexibility index (Phi) is 5.07. The van der Waals surface area contributed by atoms with Gasteiger partial charge in [0.1, 0.15) is 0 Å². The van der Waals surface area contributed by atoms with Crippen LogP contribution in [0.15, 0.2) is 55.0 Å². The molecule has 7 nitrogen and oxygen atoms in total. The van der Waals surface area contributed by atoms with Gasteiger partial charge in [-0.1, -0.05) is 6.07 Å². The van der Waals surface area contributed by atoms with Crippen LogP contribution in [0.25, 0.3) is 11.3 Å². The fourth-order valence-electron chi connectivity index (χ4n) is 2.54. The number of hydrogen-bond donors (Lipinski definition) is 1. The molecule has 0 aliphatic carbocycles. The van der Waals surface area contributed by atoms with Crippen molar-refractivity contribution in [2.75, 3.05) is 7.11 Å². The monoisotopic (exact) mass is 350 g/mol. The third-order valence-electron chi connectivity index (χ3n) is 3.88. The first kappa shape index (κ1) is 17.3. The molecule has 1 N–H and O–H groups in total. The standard InChI is InChI=1S/C19H18N4O3/c1-23-12-16(11-22-23)17-15(4-3-9-20-17)10-21-18(24)13-5-7-14(8-6-13)19(25)26-2/h3-9,11-12H,10H2,1-2H3,(H,21,24).